The Hall–Kier alpha value is -2.29. The number of hydrogen-bond donors (Lipinski definition) is 1. The Kier molecular flexibility index (Phi) is 6.21. The molecule has 1 heterocycles. The van der Waals surface area contributed by atoms with Gasteiger partial charge in [-0.1, -0.05) is 11.8 Å². The number of tetrazole rings is 1. The van der Waals surface area contributed by atoms with E-state index in [2.05, 4.69) is 20.8 Å². The van der Waals surface area contributed by atoms with E-state index in [9.17, 15) is 4.79 Å². The third kappa shape index (κ3) is 4.85. The molecule has 8 nitrogen and oxygen atoms in total. The minimum atomic E-state index is -0.0473. The standard InChI is InChI=1S/C14H19N5O3S/c1-19-14(16-17-18-19)23-8-4-5-13(20)15-10-6-7-11(21-2)12(9-10)22-3/h6-7,9H,4-5,8H2,1-3H3,(H,15,20). The van der Waals surface area contributed by atoms with Gasteiger partial charge in [-0.15, -0.1) is 5.10 Å². The van der Waals surface area contributed by atoms with Crippen molar-refractivity contribution in [2.24, 2.45) is 7.05 Å². The molecule has 0 unspecified atom stereocenters. The van der Waals surface area contributed by atoms with Crippen molar-refractivity contribution in [1.82, 2.24) is 20.2 Å². The number of rotatable bonds is 8. The summed E-state index contributed by atoms with van der Waals surface area (Å²) >= 11 is 1.52. The molecule has 0 saturated heterocycles. The van der Waals surface area contributed by atoms with Gasteiger partial charge in [0.2, 0.25) is 11.1 Å². The first-order valence-electron chi connectivity index (χ1n) is 7.01. The van der Waals surface area contributed by atoms with Gasteiger partial charge >= 0.3 is 0 Å². The highest BCUT2D eigenvalue weighted by molar-refractivity contribution is 7.99. The number of nitrogens with one attached hydrogen (secondary N) is 1. The maximum Gasteiger partial charge on any atom is 0.224 e. The topological polar surface area (TPSA) is 91.2 Å². The fraction of sp³-hybridized carbons (Fsp3) is 0.429. The average Bonchev–Trinajstić information content (AvgIpc) is 2.96. The monoisotopic (exact) mass is 337 g/mol. The molecule has 0 fully saturated rings. The summed E-state index contributed by atoms with van der Waals surface area (Å²) in [6.07, 6.45) is 1.16. The Labute approximate surface area is 138 Å². The number of methoxy groups -OCH3 is 2. The molecule has 0 aliphatic rings. The fourth-order valence-corrected chi connectivity index (χ4v) is 2.67. The van der Waals surface area contributed by atoms with Crippen LogP contribution in [-0.2, 0) is 11.8 Å². The van der Waals surface area contributed by atoms with Crippen molar-refractivity contribution in [2.45, 2.75) is 18.0 Å². The van der Waals surface area contributed by atoms with Crippen molar-refractivity contribution in [1.29, 1.82) is 0 Å². The van der Waals surface area contributed by atoms with Crippen molar-refractivity contribution in [3.8, 4) is 11.5 Å². The number of carbonyl (C=O) groups is 1. The van der Waals surface area contributed by atoms with Crippen molar-refractivity contribution in [2.75, 3.05) is 25.3 Å². The zero-order chi connectivity index (χ0) is 16.7. The number of hydrogen-bond acceptors (Lipinski definition) is 7. The lowest BCUT2D eigenvalue weighted by Crippen LogP contribution is -2.11. The maximum atomic E-state index is 12.0. The molecule has 2 aromatic rings. The number of carbonyl (C=O) groups excluding carboxylic acids is 1. The Morgan fingerprint density at radius 2 is 2.09 bits per heavy atom. The summed E-state index contributed by atoms with van der Waals surface area (Å²) in [5, 5.41) is 14.8. The molecular weight excluding hydrogens is 318 g/mol. The van der Waals surface area contributed by atoms with E-state index < -0.39 is 0 Å². The van der Waals surface area contributed by atoms with Gasteiger partial charge in [0.1, 0.15) is 0 Å². The van der Waals surface area contributed by atoms with E-state index in [-0.39, 0.29) is 5.91 Å². The number of ether oxygens (including phenoxy) is 2. The molecule has 23 heavy (non-hydrogen) atoms. The predicted octanol–water partition coefficient (Wildman–Crippen LogP) is 1.74. The Bertz CT molecular complexity index is 662. The molecule has 0 atom stereocenters. The van der Waals surface area contributed by atoms with E-state index in [1.807, 2.05) is 0 Å². The molecule has 1 N–H and O–H groups in total. The summed E-state index contributed by atoms with van der Waals surface area (Å²) in [5.74, 6) is 1.93. The first kappa shape index (κ1) is 17.1. The van der Waals surface area contributed by atoms with Gasteiger partial charge in [-0.2, -0.15) is 0 Å². The van der Waals surface area contributed by atoms with Crippen LogP contribution >= 0.6 is 11.8 Å². The second-order valence-electron chi connectivity index (χ2n) is 4.66. The average molecular weight is 337 g/mol. The van der Waals surface area contributed by atoms with Crippen LogP contribution in [0.2, 0.25) is 0 Å². The Morgan fingerprint density at radius 1 is 1.30 bits per heavy atom. The van der Waals surface area contributed by atoms with Crippen LogP contribution in [0.5, 0.6) is 11.5 Å². The van der Waals surface area contributed by atoms with Gasteiger partial charge in [-0.25, -0.2) is 4.68 Å². The summed E-state index contributed by atoms with van der Waals surface area (Å²) in [6.45, 7) is 0. The minimum Gasteiger partial charge on any atom is -0.493 e. The van der Waals surface area contributed by atoms with E-state index in [4.69, 9.17) is 9.47 Å². The smallest absolute Gasteiger partial charge is 0.224 e. The molecule has 0 radical (unpaired) electrons. The summed E-state index contributed by atoms with van der Waals surface area (Å²) < 4.78 is 12.0. The predicted molar refractivity (Wildman–Crippen MR) is 86.9 cm³/mol. The lowest BCUT2D eigenvalue weighted by atomic mass is 10.2. The van der Waals surface area contributed by atoms with Crippen LogP contribution in [0.15, 0.2) is 23.4 Å². The molecule has 1 aromatic heterocycles. The Balaban J connectivity index is 1.77. The lowest BCUT2D eigenvalue weighted by molar-refractivity contribution is -0.116. The van der Waals surface area contributed by atoms with Crippen molar-refractivity contribution in [3.05, 3.63) is 18.2 Å². The highest BCUT2D eigenvalue weighted by Crippen LogP contribution is 2.29. The molecule has 1 aromatic carbocycles. The number of anilines is 1. The molecule has 9 heteroatoms. The largest absolute Gasteiger partial charge is 0.493 e. The normalized spacial score (nSPS) is 10.4. The molecule has 1 amide bonds. The molecule has 0 aliphatic carbocycles. The third-order valence-electron chi connectivity index (χ3n) is 3.03. The zero-order valence-electron chi connectivity index (χ0n) is 13.3. The molecule has 0 spiro atoms. The van der Waals surface area contributed by atoms with Crippen LogP contribution in [0.4, 0.5) is 5.69 Å². The van der Waals surface area contributed by atoms with Crippen molar-refractivity contribution in [3.63, 3.8) is 0 Å². The fourth-order valence-electron chi connectivity index (χ4n) is 1.88. The summed E-state index contributed by atoms with van der Waals surface area (Å²) in [6, 6.07) is 5.27. The van der Waals surface area contributed by atoms with Crippen LogP contribution in [0.3, 0.4) is 0 Å². The zero-order valence-corrected chi connectivity index (χ0v) is 14.1. The van der Waals surface area contributed by atoms with Crippen molar-refractivity contribution >= 4 is 23.4 Å². The first-order chi connectivity index (χ1) is 11.1. The molecular formula is C14H19N5O3S. The highest BCUT2D eigenvalue weighted by atomic mass is 32.2. The number of aromatic nitrogens is 4. The van der Waals surface area contributed by atoms with Gasteiger partial charge in [0.15, 0.2) is 11.5 Å². The second kappa shape index (κ2) is 8.37. The molecule has 0 bridgehead atoms. The van der Waals surface area contributed by atoms with Gasteiger partial charge in [0.25, 0.3) is 0 Å². The van der Waals surface area contributed by atoms with Gasteiger partial charge in [-0.3, -0.25) is 4.79 Å². The van der Waals surface area contributed by atoms with E-state index >= 15 is 0 Å². The van der Waals surface area contributed by atoms with Crippen LogP contribution in [0.1, 0.15) is 12.8 Å². The van der Waals surface area contributed by atoms with Crippen LogP contribution < -0.4 is 14.8 Å². The number of amides is 1. The van der Waals surface area contributed by atoms with Gasteiger partial charge in [-0.05, 0) is 29.0 Å². The number of benzene rings is 1. The second-order valence-corrected chi connectivity index (χ2v) is 5.72. The number of thioether (sulfide) groups is 1. The molecule has 2 rings (SSSR count). The lowest BCUT2D eigenvalue weighted by Gasteiger charge is -2.10. The van der Waals surface area contributed by atoms with Gasteiger partial charge in [0, 0.05) is 31.0 Å². The van der Waals surface area contributed by atoms with Crippen molar-refractivity contribution < 1.29 is 14.3 Å². The highest BCUT2D eigenvalue weighted by Gasteiger charge is 2.08. The summed E-state index contributed by atoms with van der Waals surface area (Å²) in [4.78, 5) is 12.0. The SMILES string of the molecule is COc1ccc(NC(=O)CCCSc2nnnn2C)cc1OC. The van der Waals surface area contributed by atoms with Crippen LogP contribution in [0.25, 0.3) is 0 Å². The van der Waals surface area contributed by atoms with Gasteiger partial charge < -0.3 is 14.8 Å². The van der Waals surface area contributed by atoms with Crippen LogP contribution in [0, 0.1) is 0 Å². The quantitative estimate of drug-likeness (QED) is 0.579. The number of nitrogens with zero attached hydrogens (tertiary/aromatic N) is 4. The van der Waals surface area contributed by atoms with E-state index in [1.54, 1.807) is 44.1 Å². The molecule has 124 valence electrons. The third-order valence-corrected chi connectivity index (χ3v) is 4.12. The minimum absolute atomic E-state index is 0.0473. The molecule has 0 aliphatic heterocycles. The number of aryl methyl sites for hydroxylation is 1. The Morgan fingerprint density at radius 3 is 2.74 bits per heavy atom. The summed E-state index contributed by atoms with van der Waals surface area (Å²) in [5.41, 5.74) is 0.679. The first-order valence-corrected chi connectivity index (χ1v) is 7.99. The van der Waals surface area contributed by atoms with Crippen LogP contribution in [-0.4, -0.2) is 46.1 Å². The van der Waals surface area contributed by atoms with E-state index in [0.717, 1.165) is 17.3 Å². The van der Waals surface area contributed by atoms with E-state index in [0.29, 0.717) is 23.6 Å². The maximum absolute atomic E-state index is 12.0. The van der Waals surface area contributed by atoms with Gasteiger partial charge in [0.05, 0.1) is 14.2 Å². The molecule has 0 saturated carbocycles. The van der Waals surface area contributed by atoms with E-state index in [1.165, 1.54) is 11.8 Å². The summed E-state index contributed by atoms with van der Waals surface area (Å²) in [7, 11) is 4.91.